The number of carbonyl (C=O) groups is 1. The summed E-state index contributed by atoms with van der Waals surface area (Å²) >= 11 is 0. The summed E-state index contributed by atoms with van der Waals surface area (Å²) in [4.78, 5) is 26.0. The lowest BCUT2D eigenvalue weighted by molar-refractivity contribution is -0.132. The number of likely N-dealkylation sites (N-methyl/N-ethyl adjacent to an activating group) is 1. The molecule has 2 aromatic heterocycles. The summed E-state index contributed by atoms with van der Waals surface area (Å²) in [5, 5.41) is 4.01. The zero-order valence-corrected chi connectivity index (χ0v) is 13.2. The van der Waals surface area contributed by atoms with Crippen LogP contribution in [0.25, 0.3) is 11.7 Å². The van der Waals surface area contributed by atoms with E-state index in [2.05, 4.69) is 5.10 Å². The van der Waals surface area contributed by atoms with Crippen LogP contribution in [-0.2, 0) is 17.9 Å². The van der Waals surface area contributed by atoms with Crippen molar-refractivity contribution in [2.45, 2.75) is 20.0 Å². The first-order chi connectivity index (χ1) is 11.7. The Balaban J connectivity index is 1.72. The van der Waals surface area contributed by atoms with E-state index in [1.807, 2.05) is 37.3 Å². The van der Waals surface area contributed by atoms with Crippen molar-refractivity contribution in [2.24, 2.45) is 0 Å². The van der Waals surface area contributed by atoms with Crippen LogP contribution in [0.3, 0.4) is 0 Å². The number of rotatable bonds is 6. The minimum Gasteiger partial charge on any atom is -0.459 e. The van der Waals surface area contributed by atoms with Gasteiger partial charge in [0, 0.05) is 13.1 Å². The Morgan fingerprint density at radius 2 is 2.00 bits per heavy atom. The predicted molar refractivity (Wildman–Crippen MR) is 86.0 cm³/mol. The molecule has 0 atom stereocenters. The van der Waals surface area contributed by atoms with Crippen molar-refractivity contribution in [3.63, 3.8) is 0 Å². The Morgan fingerprint density at radius 1 is 1.21 bits per heavy atom. The number of aromatic nitrogens is 2. The lowest BCUT2D eigenvalue weighted by Crippen LogP contribution is -2.35. The van der Waals surface area contributed by atoms with Crippen molar-refractivity contribution in [3.8, 4) is 11.7 Å². The lowest BCUT2D eigenvalue weighted by Gasteiger charge is -2.20. The minimum absolute atomic E-state index is 0.0592. The molecule has 3 rings (SSSR count). The van der Waals surface area contributed by atoms with Crippen molar-refractivity contribution in [3.05, 3.63) is 64.8 Å². The molecule has 24 heavy (non-hydrogen) atoms. The van der Waals surface area contributed by atoms with E-state index in [4.69, 9.17) is 8.83 Å². The van der Waals surface area contributed by atoms with Crippen LogP contribution in [0.2, 0.25) is 0 Å². The maximum Gasteiger partial charge on any atom is 0.437 e. The number of furan rings is 1. The predicted octanol–water partition coefficient (Wildman–Crippen LogP) is 2.14. The van der Waals surface area contributed by atoms with Crippen LogP contribution in [0.4, 0.5) is 0 Å². The van der Waals surface area contributed by atoms with Crippen LogP contribution in [0.15, 0.2) is 62.4 Å². The third kappa shape index (κ3) is 3.45. The zero-order valence-electron chi connectivity index (χ0n) is 13.2. The summed E-state index contributed by atoms with van der Waals surface area (Å²) < 4.78 is 11.2. The minimum atomic E-state index is -0.689. The molecule has 1 amide bonds. The van der Waals surface area contributed by atoms with Crippen molar-refractivity contribution >= 4 is 5.91 Å². The van der Waals surface area contributed by atoms with Gasteiger partial charge in [0.05, 0.1) is 6.26 Å². The average molecular weight is 327 g/mol. The molecule has 0 saturated carbocycles. The van der Waals surface area contributed by atoms with E-state index >= 15 is 0 Å². The van der Waals surface area contributed by atoms with Crippen LogP contribution < -0.4 is 5.76 Å². The molecule has 0 spiro atoms. The van der Waals surface area contributed by atoms with Crippen molar-refractivity contribution in [1.82, 2.24) is 14.7 Å². The molecular formula is C17H17N3O4. The molecule has 3 aromatic rings. The normalized spacial score (nSPS) is 10.7. The fourth-order valence-electron chi connectivity index (χ4n) is 2.31. The van der Waals surface area contributed by atoms with Gasteiger partial charge in [-0.25, -0.2) is 4.79 Å². The first-order valence-corrected chi connectivity index (χ1v) is 7.61. The molecule has 2 heterocycles. The molecule has 0 aliphatic carbocycles. The smallest absolute Gasteiger partial charge is 0.437 e. The quantitative estimate of drug-likeness (QED) is 0.693. The second kappa shape index (κ2) is 6.99. The number of nitrogens with zero attached hydrogens (tertiary/aromatic N) is 3. The maximum absolute atomic E-state index is 12.5. The lowest BCUT2D eigenvalue weighted by atomic mass is 10.2. The second-order valence-corrected chi connectivity index (χ2v) is 5.20. The monoisotopic (exact) mass is 327 g/mol. The number of carbonyl (C=O) groups excluding carboxylic acids is 1. The number of hydrogen-bond donors (Lipinski definition) is 0. The molecule has 7 heteroatoms. The summed E-state index contributed by atoms with van der Waals surface area (Å²) in [5.41, 5.74) is 1.02. The van der Waals surface area contributed by atoms with Gasteiger partial charge in [0.1, 0.15) is 6.54 Å². The molecule has 0 aliphatic heterocycles. The Hall–Kier alpha value is -3.09. The molecule has 0 aliphatic rings. The van der Waals surface area contributed by atoms with Crippen LogP contribution in [-0.4, -0.2) is 27.1 Å². The summed E-state index contributed by atoms with van der Waals surface area (Å²) in [6.45, 7) is 2.73. The highest BCUT2D eigenvalue weighted by Crippen LogP contribution is 2.15. The molecule has 1 aromatic carbocycles. The molecule has 0 bridgehead atoms. The van der Waals surface area contributed by atoms with E-state index in [1.54, 1.807) is 17.0 Å². The molecule has 0 unspecified atom stereocenters. The largest absolute Gasteiger partial charge is 0.459 e. The highest BCUT2D eigenvalue weighted by Gasteiger charge is 2.18. The fraction of sp³-hybridized carbons (Fsp3) is 0.235. The summed E-state index contributed by atoms with van der Waals surface area (Å²) in [7, 11) is 0. The van der Waals surface area contributed by atoms with E-state index in [1.165, 1.54) is 6.26 Å². The van der Waals surface area contributed by atoms with Gasteiger partial charge in [0.25, 0.3) is 5.89 Å². The molecule has 0 radical (unpaired) electrons. The van der Waals surface area contributed by atoms with Crippen LogP contribution >= 0.6 is 0 Å². The molecule has 0 fully saturated rings. The van der Waals surface area contributed by atoms with Gasteiger partial charge in [0.2, 0.25) is 5.91 Å². The average Bonchev–Trinajstić information content (AvgIpc) is 3.24. The third-order valence-electron chi connectivity index (χ3n) is 3.57. The van der Waals surface area contributed by atoms with Crippen molar-refractivity contribution in [2.75, 3.05) is 6.54 Å². The Labute approximate surface area is 138 Å². The van der Waals surface area contributed by atoms with E-state index in [0.29, 0.717) is 18.8 Å². The van der Waals surface area contributed by atoms with Crippen molar-refractivity contribution in [1.29, 1.82) is 0 Å². The number of hydrogen-bond acceptors (Lipinski definition) is 5. The SMILES string of the molecule is CCN(Cc1ccccc1)C(=O)Cn1nc(-c2ccco2)oc1=O. The molecule has 0 saturated heterocycles. The van der Waals surface area contributed by atoms with E-state index in [0.717, 1.165) is 10.2 Å². The molecule has 0 N–H and O–H groups in total. The Kier molecular flexibility index (Phi) is 4.60. The van der Waals surface area contributed by atoms with Gasteiger partial charge < -0.3 is 13.7 Å². The summed E-state index contributed by atoms with van der Waals surface area (Å²) in [6, 6.07) is 13.0. The maximum atomic E-state index is 12.5. The van der Waals surface area contributed by atoms with Gasteiger partial charge in [-0.1, -0.05) is 30.3 Å². The van der Waals surface area contributed by atoms with Crippen LogP contribution in [0, 0.1) is 0 Å². The molecule has 7 nitrogen and oxygen atoms in total. The van der Waals surface area contributed by atoms with Crippen molar-refractivity contribution < 1.29 is 13.6 Å². The zero-order chi connectivity index (χ0) is 16.9. The second-order valence-electron chi connectivity index (χ2n) is 5.20. The summed E-state index contributed by atoms with van der Waals surface area (Å²) in [5.74, 6) is -0.493. The highest BCUT2D eigenvalue weighted by atomic mass is 16.4. The fourth-order valence-corrected chi connectivity index (χ4v) is 2.31. The van der Waals surface area contributed by atoms with Gasteiger partial charge in [-0.3, -0.25) is 4.79 Å². The first kappa shape index (κ1) is 15.8. The van der Waals surface area contributed by atoms with Gasteiger partial charge >= 0.3 is 5.76 Å². The standard InChI is InChI=1S/C17H17N3O4/c1-2-19(11-13-7-4-3-5-8-13)15(21)12-20-17(22)24-16(18-20)14-9-6-10-23-14/h3-10H,2,11-12H2,1H3. The number of amides is 1. The van der Waals surface area contributed by atoms with Crippen LogP contribution in [0.1, 0.15) is 12.5 Å². The van der Waals surface area contributed by atoms with Gasteiger partial charge in [-0.05, 0) is 24.6 Å². The van der Waals surface area contributed by atoms with E-state index < -0.39 is 5.76 Å². The van der Waals surface area contributed by atoms with E-state index in [-0.39, 0.29) is 18.3 Å². The molecule has 124 valence electrons. The molecular weight excluding hydrogens is 310 g/mol. The number of benzene rings is 1. The third-order valence-corrected chi connectivity index (χ3v) is 3.57. The topological polar surface area (TPSA) is 81.5 Å². The highest BCUT2D eigenvalue weighted by molar-refractivity contribution is 5.75. The first-order valence-electron chi connectivity index (χ1n) is 7.61. The van der Waals surface area contributed by atoms with Crippen LogP contribution in [0.5, 0.6) is 0 Å². The van der Waals surface area contributed by atoms with Gasteiger partial charge in [-0.15, -0.1) is 5.10 Å². The Morgan fingerprint density at radius 3 is 2.67 bits per heavy atom. The Bertz CT molecular complexity index is 850. The summed E-state index contributed by atoms with van der Waals surface area (Å²) in [6.07, 6.45) is 1.46. The van der Waals surface area contributed by atoms with Gasteiger partial charge in [0.15, 0.2) is 5.76 Å². The van der Waals surface area contributed by atoms with Gasteiger partial charge in [-0.2, -0.15) is 4.68 Å². The van der Waals surface area contributed by atoms with E-state index in [9.17, 15) is 9.59 Å².